The molecule has 0 aromatic heterocycles. The number of carbonyl (C=O) groups excluding carboxylic acids is 1. The zero-order valence-corrected chi connectivity index (χ0v) is 13.3. The van der Waals surface area contributed by atoms with Crippen LogP contribution in [-0.4, -0.2) is 35.2 Å². The molecule has 1 heterocycles. The second-order valence-corrected chi connectivity index (χ2v) is 5.98. The largest absolute Gasteiger partial charge is 0.391 e. The lowest BCUT2D eigenvalue weighted by molar-refractivity contribution is -0.137. The Morgan fingerprint density at radius 1 is 1.17 bits per heavy atom. The fourth-order valence-corrected chi connectivity index (χ4v) is 3.00. The van der Waals surface area contributed by atoms with Gasteiger partial charge in [0.1, 0.15) is 12.4 Å². The molecule has 1 aliphatic heterocycles. The zero-order chi connectivity index (χ0) is 16.9. The van der Waals surface area contributed by atoms with Gasteiger partial charge in [0.2, 0.25) is 5.91 Å². The molecule has 0 aliphatic carbocycles. The molecule has 0 unspecified atom stereocenters. The van der Waals surface area contributed by atoms with Crippen LogP contribution in [0.15, 0.2) is 54.6 Å². The third-order valence-corrected chi connectivity index (χ3v) is 4.19. The zero-order valence-electron chi connectivity index (χ0n) is 13.3. The van der Waals surface area contributed by atoms with Gasteiger partial charge in [0.25, 0.3) is 0 Å². The van der Waals surface area contributed by atoms with Gasteiger partial charge in [-0.25, -0.2) is 4.39 Å². The highest BCUT2D eigenvalue weighted by Crippen LogP contribution is 2.32. The number of rotatable bonds is 5. The lowest BCUT2D eigenvalue weighted by Gasteiger charge is -2.24. The summed E-state index contributed by atoms with van der Waals surface area (Å²) >= 11 is 0. The summed E-state index contributed by atoms with van der Waals surface area (Å²) in [6.45, 7) is 0.596. The number of carbonyl (C=O) groups is 1. The topological polar surface area (TPSA) is 49.8 Å². The molecule has 2 aromatic rings. The Kier molecular flexibility index (Phi) is 5.23. The predicted molar refractivity (Wildman–Crippen MR) is 87.6 cm³/mol. The molecule has 2 atom stereocenters. The molecule has 0 bridgehead atoms. The molecule has 0 spiro atoms. The van der Waals surface area contributed by atoms with Crippen molar-refractivity contribution in [1.82, 2.24) is 4.90 Å². The molecular weight excluding hydrogens is 309 g/mol. The van der Waals surface area contributed by atoms with Crippen molar-refractivity contribution in [2.24, 2.45) is 0 Å². The van der Waals surface area contributed by atoms with E-state index in [4.69, 9.17) is 4.74 Å². The van der Waals surface area contributed by atoms with Crippen molar-refractivity contribution in [3.63, 3.8) is 0 Å². The van der Waals surface area contributed by atoms with E-state index in [1.54, 1.807) is 17.0 Å². The lowest BCUT2D eigenvalue weighted by atomic mass is 10.0. The van der Waals surface area contributed by atoms with Crippen LogP contribution in [-0.2, 0) is 16.1 Å². The number of hydrogen-bond donors (Lipinski definition) is 1. The minimum atomic E-state index is -0.571. The second-order valence-electron chi connectivity index (χ2n) is 5.98. The molecule has 1 fully saturated rings. The Bertz CT molecular complexity index is 675. The number of nitrogens with zero attached hydrogens (tertiary/aromatic N) is 1. The van der Waals surface area contributed by atoms with Gasteiger partial charge >= 0.3 is 0 Å². The molecule has 2 aromatic carbocycles. The molecule has 1 N–H and O–H groups in total. The van der Waals surface area contributed by atoms with E-state index in [1.807, 2.05) is 30.3 Å². The third-order valence-electron chi connectivity index (χ3n) is 4.19. The van der Waals surface area contributed by atoms with Gasteiger partial charge in [0.15, 0.2) is 0 Å². The highest BCUT2D eigenvalue weighted by Gasteiger charge is 2.35. The molecule has 1 saturated heterocycles. The summed E-state index contributed by atoms with van der Waals surface area (Å²) in [6, 6.07) is 15.4. The SMILES string of the molecule is O=C(COCc1ccccc1)N1C[C@H](O)C[C@@H]1c1ccc(F)cc1. The van der Waals surface area contributed by atoms with Crippen molar-refractivity contribution in [3.05, 3.63) is 71.5 Å². The lowest BCUT2D eigenvalue weighted by Crippen LogP contribution is -2.34. The molecule has 1 amide bonds. The summed E-state index contributed by atoms with van der Waals surface area (Å²) in [5.74, 6) is -0.488. The van der Waals surface area contributed by atoms with Crippen molar-refractivity contribution >= 4 is 5.91 Å². The van der Waals surface area contributed by atoms with Crippen LogP contribution in [0, 0.1) is 5.82 Å². The number of β-amino-alcohol motifs (C(OH)–C–C–N with tert-alkyl or cyclic N) is 1. The number of hydrogen-bond acceptors (Lipinski definition) is 3. The molecule has 0 saturated carbocycles. The van der Waals surface area contributed by atoms with E-state index >= 15 is 0 Å². The Morgan fingerprint density at radius 2 is 1.88 bits per heavy atom. The van der Waals surface area contributed by atoms with Crippen molar-refractivity contribution in [3.8, 4) is 0 Å². The summed E-state index contributed by atoms with van der Waals surface area (Å²) in [5.41, 5.74) is 1.83. The van der Waals surface area contributed by atoms with Crippen LogP contribution in [0.2, 0.25) is 0 Å². The maximum Gasteiger partial charge on any atom is 0.249 e. The molecular formula is C19H20FNO3. The van der Waals surface area contributed by atoms with E-state index in [9.17, 15) is 14.3 Å². The van der Waals surface area contributed by atoms with Crippen LogP contribution >= 0.6 is 0 Å². The highest BCUT2D eigenvalue weighted by atomic mass is 19.1. The van der Waals surface area contributed by atoms with Gasteiger partial charge in [0.05, 0.1) is 18.8 Å². The van der Waals surface area contributed by atoms with Gasteiger partial charge in [-0.1, -0.05) is 42.5 Å². The van der Waals surface area contributed by atoms with E-state index in [0.717, 1.165) is 11.1 Å². The summed E-state index contributed by atoms with van der Waals surface area (Å²) in [5, 5.41) is 9.93. The average Bonchev–Trinajstić information content (AvgIpc) is 2.98. The maximum atomic E-state index is 13.1. The predicted octanol–water partition coefficient (Wildman–Crippen LogP) is 2.68. The summed E-state index contributed by atoms with van der Waals surface area (Å²) in [6.07, 6.45) is -0.117. The number of aliphatic hydroxyl groups is 1. The number of likely N-dealkylation sites (tertiary alicyclic amines) is 1. The highest BCUT2D eigenvalue weighted by molar-refractivity contribution is 5.78. The van der Waals surface area contributed by atoms with E-state index in [2.05, 4.69) is 0 Å². The van der Waals surface area contributed by atoms with Crippen LogP contribution in [0.25, 0.3) is 0 Å². The summed E-state index contributed by atoms with van der Waals surface area (Å²) in [7, 11) is 0. The molecule has 1 aliphatic rings. The van der Waals surface area contributed by atoms with Crippen LogP contribution in [0.5, 0.6) is 0 Å². The minimum Gasteiger partial charge on any atom is -0.391 e. The number of ether oxygens (including phenoxy) is 1. The minimum absolute atomic E-state index is 0.0424. The van der Waals surface area contributed by atoms with Gasteiger partial charge in [-0.3, -0.25) is 4.79 Å². The van der Waals surface area contributed by atoms with E-state index in [-0.39, 0.29) is 30.9 Å². The van der Waals surface area contributed by atoms with Gasteiger partial charge in [0, 0.05) is 6.54 Å². The molecule has 0 radical (unpaired) electrons. The van der Waals surface area contributed by atoms with Crippen molar-refractivity contribution < 1.29 is 19.0 Å². The summed E-state index contributed by atoms with van der Waals surface area (Å²) < 4.78 is 18.6. The third kappa shape index (κ3) is 3.99. The van der Waals surface area contributed by atoms with Crippen LogP contribution < -0.4 is 0 Å². The first-order valence-electron chi connectivity index (χ1n) is 7.98. The average molecular weight is 329 g/mol. The van der Waals surface area contributed by atoms with Crippen molar-refractivity contribution in [2.75, 3.05) is 13.2 Å². The first kappa shape index (κ1) is 16.6. The molecule has 3 rings (SSSR count). The van der Waals surface area contributed by atoms with E-state index in [1.165, 1.54) is 12.1 Å². The van der Waals surface area contributed by atoms with Crippen LogP contribution in [0.3, 0.4) is 0 Å². The normalized spacial score (nSPS) is 20.3. The maximum absolute atomic E-state index is 13.1. The smallest absolute Gasteiger partial charge is 0.249 e. The second kappa shape index (κ2) is 7.55. The quantitative estimate of drug-likeness (QED) is 0.917. The first-order valence-corrected chi connectivity index (χ1v) is 7.98. The molecule has 126 valence electrons. The Balaban J connectivity index is 1.60. The fraction of sp³-hybridized carbons (Fsp3) is 0.316. The van der Waals surface area contributed by atoms with Gasteiger partial charge < -0.3 is 14.7 Å². The Hall–Kier alpha value is -2.24. The molecule has 4 nitrogen and oxygen atoms in total. The molecule has 5 heteroatoms. The number of amides is 1. The van der Waals surface area contributed by atoms with Gasteiger partial charge in [-0.15, -0.1) is 0 Å². The monoisotopic (exact) mass is 329 g/mol. The molecule has 24 heavy (non-hydrogen) atoms. The standard InChI is InChI=1S/C19H20FNO3/c20-16-8-6-15(7-9-16)18-10-17(22)11-21(18)19(23)13-24-12-14-4-2-1-3-5-14/h1-9,17-18,22H,10-13H2/t17-,18-/m1/s1. The number of benzene rings is 2. The number of halogens is 1. The van der Waals surface area contributed by atoms with Crippen LogP contribution in [0.1, 0.15) is 23.6 Å². The van der Waals surface area contributed by atoms with E-state index < -0.39 is 6.10 Å². The van der Waals surface area contributed by atoms with Crippen molar-refractivity contribution in [2.45, 2.75) is 25.2 Å². The number of aliphatic hydroxyl groups excluding tert-OH is 1. The Morgan fingerprint density at radius 3 is 2.58 bits per heavy atom. The Labute approximate surface area is 140 Å². The first-order chi connectivity index (χ1) is 11.6. The van der Waals surface area contributed by atoms with Crippen LogP contribution in [0.4, 0.5) is 4.39 Å². The fourth-order valence-electron chi connectivity index (χ4n) is 3.00. The van der Waals surface area contributed by atoms with Gasteiger partial charge in [-0.2, -0.15) is 0 Å². The summed E-state index contributed by atoms with van der Waals surface area (Å²) in [4.78, 5) is 14.1. The van der Waals surface area contributed by atoms with Gasteiger partial charge in [-0.05, 0) is 29.7 Å². The van der Waals surface area contributed by atoms with E-state index in [0.29, 0.717) is 13.0 Å². The van der Waals surface area contributed by atoms with Crippen molar-refractivity contribution in [1.29, 1.82) is 0 Å².